The van der Waals surface area contributed by atoms with E-state index in [9.17, 15) is 9.59 Å². The van der Waals surface area contributed by atoms with E-state index >= 15 is 0 Å². The van der Waals surface area contributed by atoms with Crippen molar-refractivity contribution in [2.75, 3.05) is 11.5 Å². The summed E-state index contributed by atoms with van der Waals surface area (Å²) in [6.07, 6.45) is 0.455. The molecule has 0 amide bonds. The third-order valence-corrected chi connectivity index (χ3v) is 2.05. The van der Waals surface area contributed by atoms with E-state index in [-0.39, 0.29) is 11.5 Å². The highest BCUT2D eigenvalue weighted by molar-refractivity contribution is 8.13. The molecule has 0 atom stereocenters. The lowest BCUT2D eigenvalue weighted by atomic mass is 10.5. The minimum atomic E-state index is -0.865. The van der Waals surface area contributed by atoms with Gasteiger partial charge in [-0.3, -0.25) is 9.59 Å². The van der Waals surface area contributed by atoms with Crippen LogP contribution in [0.5, 0.6) is 0 Å². The molecule has 0 rings (SSSR count). The number of hydrogen-bond donors (Lipinski definition) is 2. The maximum absolute atomic E-state index is 10.7. The second kappa shape index (κ2) is 6.54. The van der Waals surface area contributed by atoms with Crippen molar-refractivity contribution in [2.24, 2.45) is 0 Å². The zero-order chi connectivity index (χ0) is 8.69. The van der Waals surface area contributed by atoms with Crippen molar-refractivity contribution < 1.29 is 14.7 Å². The molecule has 0 unspecified atom stereocenters. The summed E-state index contributed by atoms with van der Waals surface area (Å²) in [6, 6.07) is 0. The fourth-order valence-electron chi connectivity index (χ4n) is 0.416. The van der Waals surface area contributed by atoms with Crippen molar-refractivity contribution in [1.82, 2.24) is 0 Å². The van der Waals surface area contributed by atoms with Gasteiger partial charge in [0.25, 0.3) is 0 Å². The second-order valence-corrected chi connectivity index (χ2v) is 3.44. The summed E-state index contributed by atoms with van der Waals surface area (Å²) >= 11 is 4.93. The maximum atomic E-state index is 10.7. The van der Waals surface area contributed by atoms with Crippen molar-refractivity contribution in [2.45, 2.75) is 12.8 Å². The summed E-state index contributed by atoms with van der Waals surface area (Å²) in [7, 11) is 0. The number of carboxylic acid groups (broad SMARTS) is 1. The standard InChI is InChI=1S/C6H10O3S2/c7-5(8)2-4-11-6(9)1-3-10/h10H,1-4H2,(H,7,8). The highest BCUT2D eigenvalue weighted by atomic mass is 32.2. The normalized spacial score (nSPS) is 9.55. The minimum absolute atomic E-state index is 0.0150. The van der Waals surface area contributed by atoms with Crippen molar-refractivity contribution >= 4 is 35.5 Å². The number of carbonyl (C=O) groups is 2. The summed E-state index contributed by atoms with van der Waals surface area (Å²) in [4.78, 5) is 20.7. The van der Waals surface area contributed by atoms with Crippen LogP contribution in [0.4, 0.5) is 0 Å². The monoisotopic (exact) mass is 194 g/mol. The first-order valence-corrected chi connectivity index (χ1v) is 4.77. The van der Waals surface area contributed by atoms with E-state index in [1.165, 1.54) is 0 Å². The van der Waals surface area contributed by atoms with E-state index in [1.807, 2.05) is 0 Å². The first-order chi connectivity index (χ1) is 5.16. The van der Waals surface area contributed by atoms with Crippen LogP contribution in [0.3, 0.4) is 0 Å². The van der Waals surface area contributed by atoms with Gasteiger partial charge >= 0.3 is 5.97 Å². The van der Waals surface area contributed by atoms with Crippen LogP contribution >= 0.6 is 24.4 Å². The summed E-state index contributed by atoms with van der Waals surface area (Å²) in [5.41, 5.74) is 0. The van der Waals surface area contributed by atoms with E-state index in [1.54, 1.807) is 0 Å². The molecular formula is C6H10O3S2. The number of thiol groups is 1. The number of rotatable bonds is 5. The van der Waals surface area contributed by atoms with Gasteiger partial charge in [-0.15, -0.1) is 0 Å². The van der Waals surface area contributed by atoms with Crippen molar-refractivity contribution in [1.29, 1.82) is 0 Å². The molecule has 0 aromatic rings. The quantitative estimate of drug-likeness (QED) is 0.642. The van der Waals surface area contributed by atoms with Gasteiger partial charge in [0.2, 0.25) is 0 Å². The molecule has 0 radical (unpaired) electrons. The summed E-state index contributed by atoms with van der Waals surface area (Å²) in [6.45, 7) is 0. The Kier molecular flexibility index (Phi) is 6.45. The molecule has 0 saturated carbocycles. The summed E-state index contributed by atoms with van der Waals surface area (Å²) in [5, 5.41) is 8.23. The molecule has 1 N–H and O–H groups in total. The molecule has 0 bridgehead atoms. The predicted molar refractivity (Wildman–Crippen MR) is 48.2 cm³/mol. The molecule has 0 aromatic heterocycles. The van der Waals surface area contributed by atoms with Gasteiger partial charge in [0.1, 0.15) is 0 Å². The zero-order valence-corrected chi connectivity index (χ0v) is 7.66. The molecule has 0 aliphatic rings. The molecule has 0 aliphatic carbocycles. The molecule has 0 aromatic carbocycles. The molecule has 5 heteroatoms. The Morgan fingerprint density at radius 3 is 2.45 bits per heavy atom. The Balaban J connectivity index is 3.24. The molecule has 0 heterocycles. The fourth-order valence-corrected chi connectivity index (χ4v) is 1.52. The second-order valence-electron chi connectivity index (χ2n) is 1.84. The highest BCUT2D eigenvalue weighted by Crippen LogP contribution is 2.07. The van der Waals surface area contributed by atoms with Crippen LogP contribution in [-0.2, 0) is 9.59 Å². The van der Waals surface area contributed by atoms with E-state index in [0.29, 0.717) is 17.9 Å². The van der Waals surface area contributed by atoms with E-state index in [2.05, 4.69) is 12.6 Å². The Morgan fingerprint density at radius 2 is 2.00 bits per heavy atom. The van der Waals surface area contributed by atoms with E-state index in [4.69, 9.17) is 5.11 Å². The third-order valence-electron chi connectivity index (χ3n) is 0.895. The predicted octanol–water partition coefficient (Wildman–Crippen LogP) is 1.04. The smallest absolute Gasteiger partial charge is 0.304 e. The Hall–Kier alpha value is -0.160. The van der Waals surface area contributed by atoms with Crippen LogP contribution in [0.1, 0.15) is 12.8 Å². The van der Waals surface area contributed by atoms with Crippen LogP contribution in [-0.4, -0.2) is 27.7 Å². The Bertz CT molecular complexity index is 147. The fraction of sp³-hybridized carbons (Fsp3) is 0.667. The lowest BCUT2D eigenvalue weighted by molar-refractivity contribution is -0.136. The third kappa shape index (κ3) is 7.74. The van der Waals surface area contributed by atoms with Crippen LogP contribution in [0.15, 0.2) is 0 Å². The zero-order valence-electron chi connectivity index (χ0n) is 5.95. The number of hydrogen-bond acceptors (Lipinski definition) is 4. The maximum Gasteiger partial charge on any atom is 0.304 e. The van der Waals surface area contributed by atoms with Gasteiger partial charge < -0.3 is 5.11 Å². The molecule has 3 nitrogen and oxygen atoms in total. The van der Waals surface area contributed by atoms with Crippen molar-refractivity contribution in [3.63, 3.8) is 0 Å². The van der Waals surface area contributed by atoms with Gasteiger partial charge in [0.15, 0.2) is 5.12 Å². The molecule has 11 heavy (non-hydrogen) atoms. The SMILES string of the molecule is O=C(O)CCSC(=O)CCS. The largest absolute Gasteiger partial charge is 0.481 e. The van der Waals surface area contributed by atoms with Gasteiger partial charge in [-0.25, -0.2) is 0 Å². The van der Waals surface area contributed by atoms with Crippen LogP contribution in [0, 0.1) is 0 Å². The average Bonchev–Trinajstić information content (AvgIpc) is 1.87. The molecule has 64 valence electrons. The molecule has 0 fully saturated rings. The first-order valence-electron chi connectivity index (χ1n) is 3.15. The summed E-state index contributed by atoms with van der Waals surface area (Å²) in [5.74, 6) is 0.0251. The van der Waals surface area contributed by atoms with E-state index < -0.39 is 5.97 Å². The lowest BCUT2D eigenvalue weighted by Crippen LogP contribution is -1.99. The van der Waals surface area contributed by atoms with Crippen molar-refractivity contribution in [3.8, 4) is 0 Å². The van der Waals surface area contributed by atoms with Crippen molar-refractivity contribution in [3.05, 3.63) is 0 Å². The molecule has 0 saturated heterocycles. The Labute approximate surface area is 75.0 Å². The van der Waals surface area contributed by atoms with Gasteiger partial charge in [-0.1, -0.05) is 11.8 Å². The van der Waals surface area contributed by atoms with Gasteiger partial charge in [0.05, 0.1) is 6.42 Å². The number of aliphatic carboxylic acids is 1. The first kappa shape index (κ1) is 10.8. The topological polar surface area (TPSA) is 54.4 Å². The van der Waals surface area contributed by atoms with E-state index in [0.717, 1.165) is 11.8 Å². The van der Waals surface area contributed by atoms with Gasteiger partial charge in [0, 0.05) is 12.2 Å². The molecule has 0 aliphatic heterocycles. The minimum Gasteiger partial charge on any atom is -0.481 e. The molecular weight excluding hydrogens is 184 g/mol. The average molecular weight is 194 g/mol. The summed E-state index contributed by atoms with van der Waals surface area (Å²) < 4.78 is 0. The van der Waals surface area contributed by atoms with Crippen LogP contribution in [0.25, 0.3) is 0 Å². The van der Waals surface area contributed by atoms with Gasteiger partial charge in [-0.05, 0) is 5.75 Å². The van der Waals surface area contributed by atoms with Crippen LogP contribution in [0.2, 0.25) is 0 Å². The van der Waals surface area contributed by atoms with Crippen LogP contribution < -0.4 is 0 Å². The molecule has 0 spiro atoms. The number of thioether (sulfide) groups is 1. The number of carbonyl (C=O) groups excluding carboxylic acids is 1. The lowest BCUT2D eigenvalue weighted by Gasteiger charge is -1.94. The Morgan fingerprint density at radius 1 is 1.36 bits per heavy atom. The highest BCUT2D eigenvalue weighted by Gasteiger charge is 2.02. The number of carboxylic acids is 1. The van der Waals surface area contributed by atoms with Gasteiger partial charge in [-0.2, -0.15) is 12.6 Å².